The topological polar surface area (TPSA) is 34.1 Å². The third-order valence-electron chi connectivity index (χ3n) is 1.56. The van der Waals surface area contributed by atoms with Gasteiger partial charge in [-0.15, -0.1) is 0 Å². The van der Waals surface area contributed by atoms with E-state index < -0.39 is 0 Å². The Morgan fingerprint density at radius 1 is 1.07 bits per heavy atom. The molecule has 0 N–H and O–H groups in total. The van der Waals surface area contributed by atoms with Crippen LogP contribution in [0.15, 0.2) is 30.3 Å². The first-order valence-corrected chi connectivity index (χ1v) is 4.76. The van der Waals surface area contributed by atoms with Gasteiger partial charge in [-0.2, -0.15) is 0 Å². The van der Waals surface area contributed by atoms with Gasteiger partial charge in [0.15, 0.2) is 0 Å². The van der Waals surface area contributed by atoms with Crippen LogP contribution in [0.25, 0.3) is 0 Å². The van der Waals surface area contributed by atoms with E-state index in [1.165, 1.54) is 5.56 Å². The number of carbonyl (C=O) groups excluding carboxylic acids is 2. The molecular weight excluding hydrogens is 176 g/mol. The molecule has 0 amide bonds. The highest BCUT2D eigenvalue weighted by atomic mass is 16.1. The highest BCUT2D eigenvalue weighted by Gasteiger charge is 1.87. The second-order valence-corrected chi connectivity index (χ2v) is 2.77. The molecule has 2 nitrogen and oxygen atoms in total. The Kier molecular flexibility index (Phi) is 8.65. The zero-order valence-corrected chi connectivity index (χ0v) is 8.48. The molecule has 2 heteroatoms. The molecule has 0 fully saturated rings. The monoisotopic (exact) mass is 192 g/mol. The lowest BCUT2D eigenvalue weighted by atomic mass is 10.1. The summed E-state index contributed by atoms with van der Waals surface area (Å²) >= 11 is 0. The van der Waals surface area contributed by atoms with E-state index >= 15 is 0 Å². The van der Waals surface area contributed by atoms with E-state index in [1.807, 2.05) is 37.3 Å². The summed E-state index contributed by atoms with van der Waals surface area (Å²) in [6.45, 7) is 1.81. The second kappa shape index (κ2) is 9.65. The van der Waals surface area contributed by atoms with Crippen molar-refractivity contribution in [3.63, 3.8) is 0 Å². The Labute approximate surface area is 84.9 Å². The van der Waals surface area contributed by atoms with Gasteiger partial charge in [-0.3, -0.25) is 0 Å². The van der Waals surface area contributed by atoms with Gasteiger partial charge in [0.25, 0.3) is 0 Å². The summed E-state index contributed by atoms with van der Waals surface area (Å²) in [6.07, 6.45) is 3.96. The normalized spacial score (nSPS) is 8.36. The van der Waals surface area contributed by atoms with Crippen LogP contribution in [0.4, 0.5) is 0 Å². The van der Waals surface area contributed by atoms with Crippen LogP contribution in [0, 0.1) is 0 Å². The largest absolute Gasteiger partial charge is 0.303 e. The number of carbonyl (C=O) groups is 2. The maximum absolute atomic E-state index is 9.98. The summed E-state index contributed by atoms with van der Waals surface area (Å²) in [4.78, 5) is 19.2. The van der Waals surface area contributed by atoms with Crippen molar-refractivity contribution in [1.29, 1.82) is 0 Å². The first kappa shape index (κ1) is 12.6. The summed E-state index contributed by atoms with van der Waals surface area (Å²) in [5.41, 5.74) is 1.23. The third-order valence-corrected chi connectivity index (χ3v) is 1.56. The van der Waals surface area contributed by atoms with E-state index in [1.54, 1.807) is 0 Å². The molecule has 76 valence electrons. The SMILES string of the molecule is CCC=O.O=CCCc1ccccc1. The molecule has 1 rings (SSSR count). The molecule has 0 aliphatic rings. The molecule has 0 radical (unpaired) electrons. The molecule has 0 aliphatic heterocycles. The van der Waals surface area contributed by atoms with Crippen LogP contribution >= 0.6 is 0 Å². The van der Waals surface area contributed by atoms with Gasteiger partial charge in [-0.1, -0.05) is 37.3 Å². The van der Waals surface area contributed by atoms with Gasteiger partial charge < -0.3 is 9.59 Å². The lowest BCUT2D eigenvalue weighted by Gasteiger charge is -1.93. The first-order chi connectivity index (χ1) is 6.85. The Balaban J connectivity index is 0.000000364. The molecular formula is C12H16O2. The minimum atomic E-state index is 0.629. The fraction of sp³-hybridized carbons (Fsp3) is 0.333. The van der Waals surface area contributed by atoms with Gasteiger partial charge in [0.2, 0.25) is 0 Å². The van der Waals surface area contributed by atoms with Gasteiger partial charge >= 0.3 is 0 Å². The zero-order chi connectivity index (χ0) is 10.6. The molecule has 1 aromatic carbocycles. The molecule has 0 spiro atoms. The molecule has 14 heavy (non-hydrogen) atoms. The fourth-order valence-electron chi connectivity index (χ4n) is 0.870. The van der Waals surface area contributed by atoms with Crippen LogP contribution in [0.2, 0.25) is 0 Å². The number of benzene rings is 1. The minimum absolute atomic E-state index is 0.629. The fourth-order valence-corrected chi connectivity index (χ4v) is 0.870. The highest BCUT2D eigenvalue weighted by Crippen LogP contribution is 2.00. The predicted octanol–water partition coefficient (Wildman–Crippen LogP) is 2.41. The number of rotatable bonds is 4. The van der Waals surface area contributed by atoms with Crippen LogP contribution in [0.3, 0.4) is 0 Å². The van der Waals surface area contributed by atoms with Crippen molar-refractivity contribution >= 4 is 12.6 Å². The van der Waals surface area contributed by atoms with E-state index in [4.69, 9.17) is 0 Å². The molecule has 0 saturated carbocycles. The molecule has 0 heterocycles. The van der Waals surface area contributed by atoms with Gasteiger partial charge in [-0.05, 0) is 12.0 Å². The van der Waals surface area contributed by atoms with Crippen LogP contribution in [-0.2, 0) is 16.0 Å². The van der Waals surface area contributed by atoms with E-state index in [-0.39, 0.29) is 0 Å². The molecule has 0 aromatic heterocycles. The standard InChI is InChI=1S/C9H10O.C3H6O/c10-8-4-7-9-5-2-1-3-6-9;1-2-3-4/h1-3,5-6,8H,4,7H2;3H,2H2,1H3. The molecule has 0 atom stereocenters. The maximum atomic E-state index is 9.98. The molecule has 0 bridgehead atoms. The Morgan fingerprint density at radius 3 is 2.07 bits per heavy atom. The van der Waals surface area contributed by atoms with Crippen LogP contribution < -0.4 is 0 Å². The van der Waals surface area contributed by atoms with Gasteiger partial charge in [0, 0.05) is 12.8 Å². The van der Waals surface area contributed by atoms with E-state index in [9.17, 15) is 9.59 Å². The van der Waals surface area contributed by atoms with Crippen LogP contribution in [-0.4, -0.2) is 12.6 Å². The van der Waals surface area contributed by atoms with E-state index in [2.05, 4.69) is 0 Å². The van der Waals surface area contributed by atoms with Crippen molar-refractivity contribution in [2.45, 2.75) is 26.2 Å². The zero-order valence-electron chi connectivity index (χ0n) is 8.48. The Hall–Kier alpha value is -1.44. The molecule has 0 saturated heterocycles. The number of aryl methyl sites for hydroxylation is 1. The quantitative estimate of drug-likeness (QED) is 0.686. The van der Waals surface area contributed by atoms with Crippen molar-refractivity contribution in [1.82, 2.24) is 0 Å². The van der Waals surface area contributed by atoms with Gasteiger partial charge in [0.1, 0.15) is 12.6 Å². The average molecular weight is 192 g/mol. The van der Waals surface area contributed by atoms with Crippen molar-refractivity contribution < 1.29 is 9.59 Å². The van der Waals surface area contributed by atoms with Crippen molar-refractivity contribution in [2.24, 2.45) is 0 Å². The molecule has 1 aromatic rings. The van der Waals surface area contributed by atoms with Crippen molar-refractivity contribution in [3.05, 3.63) is 35.9 Å². The Bertz CT molecular complexity index is 242. The summed E-state index contributed by atoms with van der Waals surface area (Å²) in [5.74, 6) is 0. The summed E-state index contributed by atoms with van der Waals surface area (Å²) in [5, 5.41) is 0. The summed E-state index contributed by atoms with van der Waals surface area (Å²) < 4.78 is 0. The second-order valence-electron chi connectivity index (χ2n) is 2.77. The molecule has 0 aliphatic carbocycles. The van der Waals surface area contributed by atoms with E-state index in [0.717, 1.165) is 19.0 Å². The number of hydrogen-bond donors (Lipinski definition) is 0. The average Bonchev–Trinajstić information content (AvgIpc) is 2.28. The lowest BCUT2D eigenvalue weighted by molar-refractivity contribution is -0.108. The maximum Gasteiger partial charge on any atom is 0.120 e. The van der Waals surface area contributed by atoms with Crippen molar-refractivity contribution in [2.75, 3.05) is 0 Å². The predicted molar refractivity (Wildman–Crippen MR) is 57.2 cm³/mol. The van der Waals surface area contributed by atoms with Gasteiger partial charge in [-0.25, -0.2) is 0 Å². The first-order valence-electron chi connectivity index (χ1n) is 4.76. The number of hydrogen-bond acceptors (Lipinski definition) is 2. The van der Waals surface area contributed by atoms with Crippen LogP contribution in [0.1, 0.15) is 25.3 Å². The summed E-state index contributed by atoms with van der Waals surface area (Å²) in [6, 6.07) is 10.0. The lowest BCUT2D eigenvalue weighted by Crippen LogP contribution is -1.83. The van der Waals surface area contributed by atoms with Crippen molar-refractivity contribution in [3.8, 4) is 0 Å². The molecule has 0 unspecified atom stereocenters. The van der Waals surface area contributed by atoms with E-state index in [0.29, 0.717) is 12.8 Å². The smallest absolute Gasteiger partial charge is 0.120 e. The number of aldehydes is 2. The Morgan fingerprint density at radius 2 is 1.64 bits per heavy atom. The summed E-state index contributed by atoms with van der Waals surface area (Å²) in [7, 11) is 0. The third kappa shape index (κ3) is 7.22. The van der Waals surface area contributed by atoms with Gasteiger partial charge in [0.05, 0.1) is 0 Å². The van der Waals surface area contributed by atoms with Crippen LogP contribution in [0.5, 0.6) is 0 Å². The highest BCUT2D eigenvalue weighted by molar-refractivity contribution is 5.50. The minimum Gasteiger partial charge on any atom is -0.303 e.